The molecule has 0 aliphatic carbocycles. The predicted molar refractivity (Wildman–Crippen MR) is 81.3 cm³/mol. The highest BCUT2D eigenvalue weighted by Gasteiger charge is 2.23. The molecule has 0 spiro atoms. The van der Waals surface area contributed by atoms with Crippen LogP contribution in [0.4, 0.5) is 4.39 Å². The number of rotatable bonds is 6. The molecule has 1 aromatic carbocycles. The van der Waals surface area contributed by atoms with Gasteiger partial charge in [0.1, 0.15) is 5.82 Å². The lowest BCUT2D eigenvalue weighted by molar-refractivity contribution is 0.255. The maximum absolute atomic E-state index is 13.0. The molecule has 0 amide bonds. The lowest BCUT2D eigenvalue weighted by Crippen LogP contribution is -2.41. The summed E-state index contributed by atoms with van der Waals surface area (Å²) in [6, 6.07) is 5.10. The van der Waals surface area contributed by atoms with E-state index in [1.807, 2.05) is 0 Å². The van der Waals surface area contributed by atoms with E-state index in [4.69, 9.17) is 11.6 Å². The highest BCUT2D eigenvalue weighted by molar-refractivity contribution is 6.31. The maximum Gasteiger partial charge on any atom is 0.124 e. The van der Waals surface area contributed by atoms with E-state index in [1.165, 1.54) is 12.1 Å². The summed E-state index contributed by atoms with van der Waals surface area (Å²) in [6.45, 7) is 9.93. The fraction of sp³-hybridized carbons (Fsp3) is 0.625. The van der Waals surface area contributed by atoms with E-state index >= 15 is 0 Å². The van der Waals surface area contributed by atoms with Crippen molar-refractivity contribution in [3.63, 3.8) is 0 Å². The molecule has 1 rings (SSSR count). The molecule has 0 fully saturated rings. The summed E-state index contributed by atoms with van der Waals surface area (Å²) in [6.07, 6.45) is 3.01. The van der Waals surface area contributed by atoms with Crippen molar-refractivity contribution < 1.29 is 4.39 Å². The molecule has 1 aromatic rings. The summed E-state index contributed by atoms with van der Waals surface area (Å²) < 4.78 is 13.0. The quantitative estimate of drug-likeness (QED) is 0.790. The molecular formula is C16H25ClFN. The normalized spacial score (nSPS) is 13.6. The maximum atomic E-state index is 13.0. The van der Waals surface area contributed by atoms with Crippen molar-refractivity contribution in [3.8, 4) is 0 Å². The van der Waals surface area contributed by atoms with Gasteiger partial charge in [-0.25, -0.2) is 4.39 Å². The number of benzene rings is 1. The Balaban J connectivity index is 2.65. The molecule has 1 nitrogen and oxygen atoms in total. The Bertz CT molecular complexity index is 398. The summed E-state index contributed by atoms with van der Waals surface area (Å²) >= 11 is 6.07. The molecule has 108 valence electrons. The molecule has 0 heterocycles. The van der Waals surface area contributed by atoms with Crippen LogP contribution in [0.2, 0.25) is 5.02 Å². The van der Waals surface area contributed by atoms with Crippen LogP contribution in [0.15, 0.2) is 18.2 Å². The second kappa shape index (κ2) is 7.25. The minimum atomic E-state index is -0.273. The highest BCUT2D eigenvalue weighted by atomic mass is 35.5. The summed E-state index contributed by atoms with van der Waals surface area (Å²) in [5, 5.41) is 4.12. The van der Waals surface area contributed by atoms with Gasteiger partial charge in [0.25, 0.3) is 0 Å². The number of hydrogen-bond acceptors (Lipinski definition) is 1. The van der Waals surface area contributed by atoms with Gasteiger partial charge in [-0.05, 0) is 48.9 Å². The topological polar surface area (TPSA) is 12.0 Å². The molecule has 19 heavy (non-hydrogen) atoms. The number of hydrogen-bond donors (Lipinski definition) is 1. The summed E-state index contributed by atoms with van der Waals surface area (Å²) in [5.74, 6) is -0.273. The Morgan fingerprint density at radius 1 is 1.32 bits per heavy atom. The molecule has 3 heteroatoms. The summed E-state index contributed by atoms with van der Waals surface area (Å²) in [5.41, 5.74) is 1.23. The zero-order valence-electron chi connectivity index (χ0n) is 12.4. The lowest BCUT2D eigenvalue weighted by atomic mass is 9.83. The van der Waals surface area contributed by atoms with Crippen LogP contribution in [0.5, 0.6) is 0 Å². The van der Waals surface area contributed by atoms with Gasteiger partial charge in [0.15, 0.2) is 0 Å². The fourth-order valence-corrected chi connectivity index (χ4v) is 2.45. The minimum absolute atomic E-state index is 0.210. The Morgan fingerprint density at radius 2 is 2.00 bits per heavy atom. The fourth-order valence-electron chi connectivity index (χ4n) is 2.18. The first-order valence-corrected chi connectivity index (χ1v) is 7.39. The molecule has 1 N–H and O–H groups in total. The first-order chi connectivity index (χ1) is 8.84. The van der Waals surface area contributed by atoms with Crippen molar-refractivity contribution in [1.82, 2.24) is 5.32 Å². The Morgan fingerprint density at radius 3 is 2.53 bits per heavy atom. The van der Waals surface area contributed by atoms with Gasteiger partial charge in [0.2, 0.25) is 0 Å². The van der Waals surface area contributed by atoms with Crippen molar-refractivity contribution in [3.05, 3.63) is 34.6 Å². The summed E-state index contributed by atoms with van der Waals surface area (Å²) in [7, 11) is 0. The van der Waals surface area contributed by atoms with Crippen LogP contribution >= 0.6 is 11.6 Å². The van der Waals surface area contributed by atoms with Crippen LogP contribution in [0.3, 0.4) is 0 Å². The Kier molecular flexibility index (Phi) is 6.28. The molecule has 0 radical (unpaired) electrons. The van der Waals surface area contributed by atoms with Crippen LogP contribution in [0.1, 0.15) is 46.1 Å². The van der Waals surface area contributed by atoms with Gasteiger partial charge in [0, 0.05) is 11.1 Å². The van der Waals surface area contributed by atoms with E-state index in [0.29, 0.717) is 11.1 Å². The molecule has 0 saturated carbocycles. The van der Waals surface area contributed by atoms with Gasteiger partial charge in [-0.15, -0.1) is 0 Å². The van der Waals surface area contributed by atoms with Crippen LogP contribution in [0, 0.1) is 11.2 Å². The average molecular weight is 286 g/mol. The molecule has 0 aliphatic heterocycles. The Hall–Kier alpha value is -0.600. The third-order valence-electron chi connectivity index (χ3n) is 3.40. The molecule has 1 unspecified atom stereocenters. The van der Waals surface area contributed by atoms with Crippen LogP contribution in [-0.4, -0.2) is 12.6 Å². The first kappa shape index (κ1) is 16.5. The number of aryl methyl sites for hydroxylation is 1. The molecule has 1 atom stereocenters. The average Bonchev–Trinajstić information content (AvgIpc) is 2.29. The lowest BCUT2D eigenvalue weighted by Gasteiger charge is -2.32. The first-order valence-electron chi connectivity index (χ1n) is 7.02. The van der Waals surface area contributed by atoms with Crippen LogP contribution in [0.25, 0.3) is 0 Å². The third kappa shape index (κ3) is 5.50. The van der Waals surface area contributed by atoms with Crippen molar-refractivity contribution in [2.45, 2.75) is 53.0 Å². The van der Waals surface area contributed by atoms with Crippen molar-refractivity contribution >= 4 is 11.6 Å². The zero-order chi connectivity index (χ0) is 14.5. The Labute approximate surface area is 121 Å². The zero-order valence-corrected chi connectivity index (χ0v) is 13.1. The molecular weight excluding hydrogens is 261 g/mol. The molecule has 0 bridgehead atoms. The van der Waals surface area contributed by atoms with E-state index in [2.05, 4.69) is 33.0 Å². The van der Waals surface area contributed by atoms with Crippen LogP contribution in [-0.2, 0) is 6.42 Å². The number of nitrogens with one attached hydrogen (secondary N) is 1. The van der Waals surface area contributed by atoms with Crippen molar-refractivity contribution in [1.29, 1.82) is 0 Å². The van der Waals surface area contributed by atoms with Gasteiger partial charge >= 0.3 is 0 Å². The van der Waals surface area contributed by atoms with E-state index in [-0.39, 0.29) is 11.2 Å². The van der Waals surface area contributed by atoms with Crippen LogP contribution < -0.4 is 5.32 Å². The number of halogens is 2. The molecule has 0 saturated heterocycles. The van der Waals surface area contributed by atoms with Gasteiger partial charge in [-0.1, -0.05) is 45.4 Å². The standard InChI is InChI=1S/C16H25ClFN/c1-5-10-19-15(16(2,3)4)9-7-12-6-8-13(18)11-14(12)17/h6,8,11,15,19H,5,7,9-10H2,1-4H3. The van der Waals surface area contributed by atoms with Crippen molar-refractivity contribution in [2.75, 3.05) is 6.54 Å². The predicted octanol–water partition coefficient (Wildman–Crippen LogP) is 4.83. The third-order valence-corrected chi connectivity index (χ3v) is 3.76. The largest absolute Gasteiger partial charge is 0.313 e. The van der Waals surface area contributed by atoms with Gasteiger partial charge in [-0.2, -0.15) is 0 Å². The van der Waals surface area contributed by atoms with E-state index in [1.54, 1.807) is 6.07 Å². The smallest absolute Gasteiger partial charge is 0.124 e. The van der Waals surface area contributed by atoms with E-state index < -0.39 is 0 Å². The monoisotopic (exact) mass is 285 g/mol. The molecule has 0 aliphatic rings. The highest BCUT2D eigenvalue weighted by Crippen LogP contribution is 2.25. The van der Waals surface area contributed by atoms with Gasteiger partial charge < -0.3 is 5.32 Å². The second-order valence-electron chi connectivity index (χ2n) is 6.15. The van der Waals surface area contributed by atoms with Gasteiger partial charge in [0.05, 0.1) is 0 Å². The van der Waals surface area contributed by atoms with Crippen molar-refractivity contribution in [2.24, 2.45) is 5.41 Å². The van der Waals surface area contributed by atoms with Gasteiger partial charge in [-0.3, -0.25) is 0 Å². The SMILES string of the molecule is CCCNC(CCc1ccc(F)cc1Cl)C(C)(C)C. The second-order valence-corrected chi connectivity index (χ2v) is 6.55. The van der Waals surface area contributed by atoms with E-state index in [9.17, 15) is 4.39 Å². The minimum Gasteiger partial charge on any atom is -0.313 e. The summed E-state index contributed by atoms with van der Waals surface area (Å²) in [4.78, 5) is 0. The molecule has 0 aromatic heterocycles. The van der Waals surface area contributed by atoms with E-state index in [0.717, 1.165) is 31.4 Å².